The van der Waals surface area contributed by atoms with Gasteiger partial charge in [-0.25, -0.2) is 8.78 Å². The number of ether oxygens (including phenoxy) is 1. The molecule has 0 amide bonds. The molecule has 0 saturated heterocycles. The molecule has 0 unspecified atom stereocenters. The summed E-state index contributed by atoms with van der Waals surface area (Å²) in [5.74, 6) is 0.847. The van der Waals surface area contributed by atoms with Gasteiger partial charge in [-0.1, -0.05) is 15.9 Å². The van der Waals surface area contributed by atoms with Crippen molar-refractivity contribution in [1.29, 1.82) is 0 Å². The highest BCUT2D eigenvalue weighted by atomic mass is 79.9. The van der Waals surface area contributed by atoms with E-state index in [-0.39, 0.29) is 6.54 Å². The van der Waals surface area contributed by atoms with E-state index in [0.717, 1.165) is 27.8 Å². The van der Waals surface area contributed by atoms with E-state index in [2.05, 4.69) is 15.9 Å². The first-order valence-electron chi connectivity index (χ1n) is 6.25. The van der Waals surface area contributed by atoms with Crippen LogP contribution in [-0.2, 0) is 13.0 Å². The van der Waals surface area contributed by atoms with E-state index in [1.54, 1.807) is 4.90 Å². The number of nitrogens with zero attached hydrogens (tertiary/aromatic N) is 1. The number of hydrogen-bond donors (Lipinski definition) is 1. The number of rotatable bonds is 6. The summed E-state index contributed by atoms with van der Waals surface area (Å²) in [5, 5.41) is 0. The average Bonchev–Trinajstić information content (AvgIpc) is 2.76. The number of halogens is 3. The molecule has 0 fully saturated rings. The van der Waals surface area contributed by atoms with Crippen LogP contribution in [0.3, 0.4) is 0 Å². The molecule has 2 N–H and O–H groups in total. The van der Waals surface area contributed by atoms with Crippen LogP contribution in [-0.4, -0.2) is 37.6 Å². The number of alkyl halides is 2. The lowest BCUT2D eigenvalue weighted by Gasteiger charge is -2.22. The van der Waals surface area contributed by atoms with Gasteiger partial charge in [-0.3, -0.25) is 4.90 Å². The molecule has 1 aliphatic rings. The normalized spacial score (nSPS) is 14.0. The van der Waals surface area contributed by atoms with Gasteiger partial charge in [0.2, 0.25) is 0 Å². The molecular weight excluding hydrogens is 318 g/mol. The maximum atomic E-state index is 12.5. The van der Waals surface area contributed by atoms with Crippen LogP contribution in [0, 0.1) is 0 Å². The molecule has 1 aromatic carbocycles. The Morgan fingerprint density at radius 1 is 1.42 bits per heavy atom. The quantitative estimate of drug-likeness (QED) is 0.868. The highest BCUT2D eigenvalue weighted by Gasteiger charge is 2.20. The Hall–Kier alpha value is -0.720. The molecule has 3 nitrogen and oxygen atoms in total. The molecule has 0 radical (unpaired) electrons. The topological polar surface area (TPSA) is 38.5 Å². The number of fused-ring (bicyclic) bond motifs is 1. The van der Waals surface area contributed by atoms with Crippen molar-refractivity contribution < 1.29 is 13.5 Å². The van der Waals surface area contributed by atoms with Crippen molar-refractivity contribution in [1.82, 2.24) is 4.90 Å². The first-order chi connectivity index (χ1) is 9.10. The average molecular weight is 335 g/mol. The second kappa shape index (κ2) is 6.63. The van der Waals surface area contributed by atoms with E-state index in [1.165, 1.54) is 0 Å². The SMILES string of the molecule is NCCN(Cc1cc(Br)cc2c1OCC2)CC(F)F. The summed E-state index contributed by atoms with van der Waals surface area (Å²) < 4.78 is 31.6. The van der Waals surface area contributed by atoms with Gasteiger partial charge in [0.15, 0.2) is 0 Å². The Kier molecular flexibility index (Phi) is 5.13. The minimum absolute atomic E-state index is 0.265. The van der Waals surface area contributed by atoms with Crippen LogP contribution < -0.4 is 10.5 Å². The molecule has 6 heteroatoms. The zero-order valence-corrected chi connectivity index (χ0v) is 12.1. The summed E-state index contributed by atoms with van der Waals surface area (Å²) in [6, 6.07) is 3.95. The summed E-state index contributed by atoms with van der Waals surface area (Å²) >= 11 is 3.45. The third kappa shape index (κ3) is 3.87. The monoisotopic (exact) mass is 334 g/mol. The molecule has 0 bridgehead atoms. The highest BCUT2D eigenvalue weighted by Crippen LogP contribution is 2.33. The standard InChI is InChI=1S/C13H17BrF2N2O/c14-11-5-9-1-4-19-13(9)10(6-11)7-18(3-2-17)8-12(15)16/h5-6,12H,1-4,7-8,17H2. The van der Waals surface area contributed by atoms with Crippen molar-refractivity contribution in [2.75, 3.05) is 26.2 Å². The number of benzene rings is 1. The lowest BCUT2D eigenvalue weighted by atomic mass is 10.1. The van der Waals surface area contributed by atoms with Gasteiger partial charge < -0.3 is 10.5 Å². The lowest BCUT2D eigenvalue weighted by Crippen LogP contribution is -2.33. The van der Waals surface area contributed by atoms with Crippen LogP contribution in [0.25, 0.3) is 0 Å². The van der Waals surface area contributed by atoms with Gasteiger partial charge in [0.05, 0.1) is 13.2 Å². The van der Waals surface area contributed by atoms with E-state index in [4.69, 9.17) is 10.5 Å². The zero-order valence-electron chi connectivity index (χ0n) is 10.5. The zero-order chi connectivity index (χ0) is 13.8. The van der Waals surface area contributed by atoms with Crippen molar-refractivity contribution in [3.05, 3.63) is 27.7 Å². The van der Waals surface area contributed by atoms with Crippen LogP contribution in [0.15, 0.2) is 16.6 Å². The van der Waals surface area contributed by atoms with Crippen LogP contribution >= 0.6 is 15.9 Å². The van der Waals surface area contributed by atoms with Gasteiger partial charge >= 0.3 is 0 Å². The Bertz CT molecular complexity index is 443. The van der Waals surface area contributed by atoms with Gasteiger partial charge in [0.1, 0.15) is 5.75 Å². The molecule has 0 aromatic heterocycles. The highest BCUT2D eigenvalue weighted by molar-refractivity contribution is 9.10. The predicted molar refractivity (Wildman–Crippen MR) is 73.7 cm³/mol. The molecular formula is C13H17BrF2N2O. The minimum Gasteiger partial charge on any atom is -0.493 e. The van der Waals surface area contributed by atoms with E-state index in [1.807, 2.05) is 12.1 Å². The molecule has 0 atom stereocenters. The summed E-state index contributed by atoms with van der Waals surface area (Å²) in [5.41, 5.74) is 7.55. The minimum atomic E-state index is -2.35. The lowest BCUT2D eigenvalue weighted by molar-refractivity contribution is 0.0858. The molecule has 0 saturated carbocycles. The first kappa shape index (κ1) is 14.7. The summed E-state index contributed by atoms with van der Waals surface area (Å²) in [6.07, 6.45) is -1.49. The Morgan fingerprint density at radius 2 is 2.21 bits per heavy atom. The Balaban J connectivity index is 2.16. The fourth-order valence-corrected chi connectivity index (χ4v) is 2.87. The van der Waals surface area contributed by atoms with Crippen LogP contribution in [0.4, 0.5) is 8.78 Å². The summed E-state index contributed by atoms with van der Waals surface area (Å²) in [7, 11) is 0. The van der Waals surface area contributed by atoms with Gasteiger partial charge in [-0.05, 0) is 17.7 Å². The third-order valence-corrected chi connectivity index (χ3v) is 3.52. The Morgan fingerprint density at radius 3 is 2.89 bits per heavy atom. The van der Waals surface area contributed by atoms with E-state index in [9.17, 15) is 8.78 Å². The van der Waals surface area contributed by atoms with E-state index < -0.39 is 6.43 Å². The first-order valence-corrected chi connectivity index (χ1v) is 7.04. The van der Waals surface area contributed by atoms with Crippen LogP contribution in [0.5, 0.6) is 5.75 Å². The van der Waals surface area contributed by atoms with Gasteiger partial charge in [0.25, 0.3) is 6.43 Å². The Labute approximate surface area is 119 Å². The van der Waals surface area contributed by atoms with Gasteiger partial charge in [-0.2, -0.15) is 0 Å². The maximum absolute atomic E-state index is 12.5. The fraction of sp³-hybridized carbons (Fsp3) is 0.538. The smallest absolute Gasteiger partial charge is 0.251 e. The van der Waals surface area contributed by atoms with Crippen molar-refractivity contribution >= 4 is 15.9 Å². The van der Waals surface area contributed by atoms with Crippen LogP contribution in [0.2, 0.25) is 0 Å². The molecule has 0 aliphatic carbocycles. The summed E-state index contributed by atoms with van der Waals surface area (Å²) in [4.78, 5) is 1.66. The molecule has 1 aromatic rings. The van der Waals surface area contributed by atoms with E-state index in [0.29, 0.717) is 26.2 Å². The molecule has 19 heavy (non-hydrogen) atoms. The predicted octanol–water partition coefficient (Wildman–Crippen LogP) is 2.41. The molecule has 0 spiro atoms. The van der Waals surface area contributed by atoms with Crippen LogP contribution in [0.1, 0.15) is 11.1 Å². The van der Waals surface area contributed by atoms with Crippen molar-refractivity contribution in [3.63, 3.8) is 0 Å². The van der Waals surface area contributed by atoms with Gasteiger partial charge in [-0.15, -0.1) is 0 Å². The molecule has 2 rings (SSSR count). The molecule has 1 heterocycles. The summed E-state index contributed by atoms with van der Waals surface area (Å²) in [6.45, 7) is 1.64. The maximum Gasteiger partial charge on any atom is 0.251 e. The van der Waals surface area contributed by atoms with Crippen molar-refractivity contribution in [2.45, 2.75) is 19.4 Å². The fourth-order valence-electron chi connectivity index (χ4n) is 2.32. The molecule has 106 valence electrons. The van der Waals surface area contributed by atoms with E-state index >= 15 is 0 Å². The van der Waals surface area contributed by atoms with Crippen molar-refractivity contribution in [2.24, 2.45) is 5.73 Å². The number of nitrogens with two attached hydrogens (primary N) is 1. The molecule has 1 aliphatic heterocycles. The third-order valence-electron chi connectivity index (χ3n) is 3.06. The second-order valence-electron chi connectivity index (χ2n) is 4.57. The van der Waals surface area contributed by atoms with Crippen molar-refractivity contribution in [3.8, 4) is 5.75 Å². The van der Waals surface area contributed by atoms with Gasteiger partial charge in [0, 0.05) is 36.1 Å². The second-order valence-corrected chi connectivity index (χ2v) is 5.48. The number of hydrogen-bond acceptors (Lipinski definition) is 3. The largest absolute Gasteiger partial charge is 0.493 e.